The van der Waals surface area contributed by atoms with Crippen molar-refractivity contribution in [3.63, 3.8) is 0 Å². The van der Waals surface area contributed by atoms with Crippen molar-refractivity contribution in [1.82, 2.24) is 10.2 Å². The Hall–Kier alpha value is -1.06. The first-order valence-electron chi connectivity index (χ1n) is 8.27. The van der Waals surface area contributed by atoms with Crippen LogP contribution in [-0.4, -0.2) is 44.7 Å². The molecule has 0 atom stereocenters. The molecule has 0 unspecified atom stereocenters. The highest BCUT2D eigenvalue weighted by Crippen LogP contribution is 2.26. The number of piperidine rings is 1. The Morgan fingerprint density at radius 2 is 1.86 bits per heavy atom. The smallest absolute Gasteiger partial charge is 0.0411 e. The van der Waals surface area contributed by atoms with Gasteiger partial charge in [-0.25, -0.2) is 0 Å². The number of hydrogen-bond donors (Lipinski definition) is 1. The molecule has 118 valence electrons. The fraction of sp³-hybridized carbons (Fsp3) is 0.667. The topological polar surface area (TPSA) is 18.5 Å². The van der Waals surface area contributed by atoms with E-state index in [2.05, 4.69) is 67.3 Å². The predicted molar refractivity (Wildman–Crippen MR) is 91.9 cm³/mol. The Morgan fingerprint density at radius 1 is 1.19 bits per heavy atom. The zero-order valence-corrected chi connectivity index (χ0v) is 14.1. The standard InChI is InChI=1S/C18H31N3/c1-15(2)19-13-17-7-5-6-8-18(17)21-11-9-16(10-12-21)14-20(3)4/h5-8,15-16,19H,9-14H2,1-4H3. The van der Waals surface area contributed by atoms with Crippen molar-refractivity contribution in [2.75, 3.05) is 38.6 Å². The van der Waals surface area contributed by atoms with Gasteiger partial charge in [0, 0.05) is 37.9 Å². The van der Waals surface area contributed by atoms with E-state index in [1.807, 2.05) is 0 Å². The number of benzene rings is 1. The molecule has 0 spiro atoms. The Morgan fingerprint density at radius 3 is 2.48 bits per heavy atom. The van der Waals surface area contributed by atoms with Crippen LogP contribution in [0.4, 0.5) is 5.69 Å². The molecule has 0 amide bonds. The average Bonchev–Trinajstić information content (AvgIpc) is 2.46. The van der Waals surface area contributed by atoms with Crippen molar-refractivity contribution >= 4 is 5.69 Å². The Bertz CT molecular complexity index is 420. The molecule has 2 rings (SSSR count). The Balaban J connectivity index is 1.96. The third kappa shape index (κ3) is 5.01. The van der Waals surface area contributed by atoms with Gasteiger partial charge in [-0.2, -0.15) is 0 Å². The molecule has 0 aliphatic carbocycles. The van der Waals surface area contributed by atoms with Crippen molar-refractivity contribution < 1.29 is 0 Å². The number of para-hydroxylation sites is 1. The lowest BCUT2D eigenvalue weighted by molar-refractivity contribution is 0.285. The zero-order valence-electron chi connectivity index (χ0n) is 14.1. The third-order valence-corrected chi connectivity index (χ3v) is 4.27. The van der Waals surface area contributed by atoms with Crippen LogP contribution in [0.5, 0.6) is 0 Å². The summed E-state index contributed by atoms with van der Waals surface area (Å²) in [5.74, 6) is 0.859. The minimum atomic E-state index is 0.531. The number of rotatable bonds is 6. The van der Waals surface area contributed by atoms with Crippen molar-refractivity contribution in [2.24, 2.45) is 5.92 Å². The van der Waals surface area contributed by atoms with Gasteiger partial charge in [0.25, 0.3) is 0 Å². The molecule has 1 fully saturated rings. The first kappa shape index (κ1) is 16.3. The maximum atomic E-state index is 3.54. The quantitative estimate of drug-likeness (QED) is 0.868. The van der Waals surface area contributed by atoms with Gasteiger partial charge in [0.05, 0.1) is 0 Å². The van der Waals surface area contributed by atoms with Crippen molar-refractivity contribution in [3.05, 3.63) is 29.8 Å². The monoisotopic (exact) mass is 289 g/mol. The fourth-order valence-corrected chi connectivity index (χ4v) is 3.16. The second-order valence-electron chi connectivity index (χ2n) is 6.86. The molecular weight excluding hydrogens is 258 g/mol. The molecule has 0 bridgehead atoms. The average molecular weight is 289 g/mol. The Kier molecular flexibility index (Phi) is 6.07. The van der Waals surface area contributed by atoms with Crippen LogP contribution in [0.25, 0.3) is 0 Å². The van der Waals surface area contributed by atoms with Crippen LogP contribution in [0.1, 0.15) is 32.3 Å². The van der Waals surface area contributed by atoms with Crippen LogP contribution in [0.15, 0.2) is 24.3 Å². The fourth-order valence-electron chi connectivity index (χ4n) is 3.16. The second kappa shape index (κ2) is 7.81. The number of nitrogens with zero attached hydrogens (tertiary/aromatic N) is 2. The van der Waals surface area contributed by atoms with E-state index in [1.54, 1.807) is 0 Å². The highest BCUT2D eigenvalue weighted by Gasteiger charge is 2.21. The van der Waals surface area contributed by atoms with Crippen LogP contribution in [-0.2, 0) is 6.54 Å². The maximum Gasteiger partial charge on any atom is 0.0411 e. The van der Waals surface area contributed by atoms with E-state index in [1.165, 1.54) is 43.7 Å². The minimum Gasteiger partial charge on any atom is -0.371 e. The minimum absolute atomic E-state index is 0.531. The van der Waals surface area contributed by atoms with Crippen molar-refractivity contribution in [2.45, 2.75) is 39.3 Å². The summed E-state index contributed by atoms with van der Waals surface area (Å²) in [4.78, 5) is 4.89. The SMILES string of the molecule is CC(C)NCc1ccccc1N1CCC(CN(C)C)CC1. The van der Waals surface area contributed by atoms with Gasteiger partial charge in [-0.15, -0.1) is 0 Å². The van der Waals surface area contributed by atoms with Crippen LogP contribution in [0.2, 0.25) is 0 Å². The van der Waals surface area contributed by atoms with Crippen LogP contribution in [0.3, 0.4) is 0 Å². The molecule has 21 heavy (non-hydrogen) atoms. The van der Waals surface area contributed by atoms with E-state index < -0.39 is 0 Å². The number of anilines is 1. The van der Waals surface area contributed by atoms with E-state index in [4.69, 9.17) is 0 Å². The van der Waals surface area contributed by atoms with Gasteiger partial charge in [0.1, 0.15) is 0 Å². The van der Waals surface area contributed by atoms with Crippen molar-refractivity contribution in [1.29, 1.82) is 0 Å². The van der Waals surface area contributed by atoms with Gasteiger partial charge in [-0.3, -0.25) is 0 Å². The van der Waals surface area contributed by atoms with Gasteiger partial charge in [-0.05, 0) is 44.5 Å². The molecule has 1 aliphatic heterocycles. The summed E-state index contributed by atoms with van der Waals surface area (Å²) in [5.41, 5.74) is 2.85. The van der Waals surface area contributed by atoms with Gasteiger partial charge >= 0.3 is 0 Å². The molecular formula is C18H31N3. The third-order valence-electron chi connectivity index (χ3n) is 4.27. The van der Waals surface area contributed by atoms with Crippen molar-refractivity contribution in [3.8, 4) is 0 Å². The lowest BCUT2D eigenvalue weighted by Crippen LogP contribution is -2.37. The highest BCUT2D eigenvalue weighted by molar-refractivity contribution is 5.54. The second-order valence-corrected chi connectivity index (χ2v) is 6.86. The molecule has 0 radical (unpaired) electrons. The zero-order chi connectivity index (χ0) is 15.2. The van der Waals surface area contributed by atoms with Crippen LogP contribution in [0, 0.1) is 5.92 Å². The van der Waals surface area contributed by atoms with Crippen LogP contribution < -0.4 is 10.2 Å². The van der Waals surface area contributed by atoms with E-state index in [-0.39, 0.29) is 0 Å². The van der Waals surface area contributed by atoms with E-state index in [0.29, 0.717) is 6.04 Å². The predicted octanol–water partition coefficient (Wildman–Crippen LogP) is 2.96. The molecule has 3 nitrogen and oxygen atoms in total. The first-order valence-corrected chi connectivity index (χ1v) is 8.27. The summed E-state index contributed by atoms with van der Waals surface area (Å²) >= 11 is 0. The highest BCUT2D eigenvalue weighted by atomic mass is 15.1. The molecule has 1 saturated heterocycles. The van der Waals surface area contributed by atoms with Gasteiger partial charge in [0.15, 0.2) is 0 Å². The van der Waals surface area contributed by atoms with E-state index in [0.717, 1.165) is 12.5 Å². The summed E-state index contributed by atoms with van der Waals surface area (Å²) in [6.07, 6.45) is 2.62. The lowest BCUT2D eigenvalue weighted by Gasteiger charge is -2.35. The number of hydrogen-bond acceptors (Lipinski definition) is 3. The largest absolute Gasteiger partial charge is 0.371 e. The van der Waals surface area contributed by atoms with E-state index >= 15 is 0 Å². The van der Waals surface area contributed by atoms with E-state index in [9.17, 15) is 0 Å². The van der Waals surface area contributed by atoms with Gasteiger partial charge in [-0.1, -0.05) is 32.0 Å². The Labute approximate surface area is 130 Å². The molecule has 0 aromatic heterocycles. The first-order chi connectivity index (χ1) is 10.1. The molecule has 1 N–H and O–H groups in total. The summed E-state index contributed by atoms with van der Waals surface area (Å²) in [5, 5.41) is 3.54. The maximum absolute atomic E-state index is 3.54. The molecule has 0 saturated carbocycles. The van der Waals surface area contributed by atoms with Crippen LogP contribution >= 0.6 is 0 Å². The summed E-state index contributed by atoms with van der Waals surface area (Å²) in [7, 11) is 4.36. The summed E-state index contributed by atoms with van der Waals surface area (Å²) < 4.78 is 0. The lowest BCUT2D eigenvalue weighted by atomic mass is 9.95. The molecule has 3 heteroatoms. The molecule has 1 aromatic carbocycles. The van der Waals surface area contributed by atoms with Gasteiger partial charge in [0.2, 0.25) is 0 Å². The molecule has 1 heterocycles. The number of nitrogens with one attached hydrogen (secondary N) is 1. The molecule has 1 aromatic rings. The summed E-state index contributed by atoms with van der Waals surface area (Å²) in [6.45, 7) is 8.98. The normalized spacial score (nSPS) is 17.0. The summed E-state index contributed by atoms with van der Waals surface area (Å²) in [6, 6.07) is 9.39. The molecule has 1 aliphatic rings. The van der Waals surface area contributed by atoms with Gasteiger partial charge < -0.3 is 15.1 Å².